The molecular formula is C42H55N7O9. The van der Waals surface area contributed by atoms with Gasteiger partial charge in [0.2, 0.25) is 41.4 Å². The van der Waals surface area contributed by atoms with E-state index in [1.54, 1.807) is 91.9 Å². The highest BCUT2D eigenvalue weighted by molar-refractivity contribution is 5.95. The molecule has 312 valence electrons. The lowest BCUT2D eigenvalue weighted by molar-refractivity contribution is -0.146. The lowest BCUT2D eigenvalue weighted by atomic mass is 10.0. The number of carbonyl (C=O) groups is 7. The molecule has 6 N–H and O–H groups in total. The Morgan fingerprint density at radius 1 is 0.707 bits per heavy atom. The third-order valence-electron chi connectivity index (χ3n) is 9.40. The lowest BCUT2D eigenvalue weighted by Gasteiger charge is -2.33. The van der Waals surface area contributed by atoms with Gasteiger partial charge in [0.25, 0.3) is 0 Å². The van der Waals surface area contributed by atoms with Gasteiger partial charge in [-0.25, -0.2) is 0 Å². The van der Waals surface area contributed by atoms with Crippen molar-refractivity contribution < 1.29 is 43.4 Å². The highest BCUT2D eigenvalue weighted by Crippen LogP contribution is 2.21. The number of aliphatic hydroxyl groups is 1. The molecule has 58 heavy (non-hydrogen) atoms. The monoisotopic (exact) mass is 801 g/mol. The van der Waals surface area contributed by atoms with Crippen molar-refractivity contribution in [3.8, 4) is 0 Å². The van der Waals surface area contributed by atoms with Crippen LogP contribution in [0.2, 0.25) is 0 Å². The van der Waals surface area contributed by atoms with Crippen LogP contribution in [-0.4, -0.2) is 125 Å². The van der Waals surface area contributed by atoms with Gasteiger partial charge in [-0.3, -0.25) is 33.6 Å². The number of nitrogens with two attached hydrogens (primary N) is 1. The fourth-order valence-electron chi connectivity index (χ4n) is 5.94. The first-order chi connectivity index (χ1) is 27.6. The zero-order chi connectivity index (χ0) is 42.8. The third-order valence-corrected chi connectivity index (χ3v) is 9.40. The maximum atomic E-state index is 14.3. The molecule has 0 spiro atoms. The molecule has 16 heteroatoms. The first kappa shape index (κ1) is 46.3. The highest BCUT2D eigenvalue weighted by Gasteiger charge is 2.33. The van der Waals surface area contributed by atoms with Gasteiger partial charge in [-0.15, -0.1) is 0 Å². The molecule has 0 fully saturated rings. The van der Waals surface area contributed by atoms with Crippen molar-refractivity contribution in [1.82, 2.24) is 30.7 Å². The number of aliphatic hydroxyl groups excluding tert-OH is 1. The molecule has 7 amide bonds. The van der Waals surface area contributed by atoms with E-state index >= 15 is 0 Å². The summed E-state index contributed by atoms with van der Waals surface area (Å²) in [5, 5.41) is 18.3. The maximum absolute atomic E-state index is 14.3. The van der Waals surface area contributed by atoms with E-state index in [1.807, 2.05) is 6.07 Å². The van der Waals surface area contributed by atoms with E-state index in [1.165, 1.54) is 42.6 Å². The van der Waals surface area contributed by atoms with Crippen LogP contribution in [0.15, 0.2) is 91.0 Å². The molecular weight excluding hydrogens is 747 g/mol. The Hall–Kier alpha value is -6.13. The number of ether oxygens (including phenoxy) is 1. The van der Waals surface area contributed by atoms with E-state index in [2.05, 4.69) is 16.0 Å². The summed E-state index contributed by atoms with van der Waals surface area (Å²) in [6, 6.07) is 22.1. The Morgan fingerprint density at radius 3 is 1.79 bits per heavy atom. The molecule has 0 aliphatic rings. The van der Waals surface area contributed by atoms with Crippen LogP contribution in [0.5, 0.6) is 0 Å². The van der Waals surface area contributed by atoms with Gasteiger partial charge in [0, 0.05) is 33.5 Å². The summed E-state index contributed by atoms with van der Waals surface area (Å²) < 4.78 is 5.10. The molecule has 0 saturated heterocycles. The molecule has 0 heterocycles. The number of methoxy groups -OCH3 is 1. The van der Waals surface area contributed by atoms with Gasteiger partial charge < -0.3 is 46.2 Å². The highest BCUT2D eigenvalue weighted by atomic mass is 16.5. The van der Waals surface area contributed by atoms with E-state index < -0.39 is 78.8 Å². The van der Waals surface area contributed by atoms with Crippen molar-refractivity contribution >= 4 is 41.4 Å². The van der Waals surface area contributed by atoms with Crippen molar-refractivity contribution in [2.45, 2.75) is 70.9 Å². The van der Waals surface area contributed by atoms with Crippen LogP contribution in [0, 0.1) is 0 Å². The minimum Gasteiger partial charge on any atom is -0.391 e. The number of nitrogens with zero attached hydrogens (tertiary/aromatic N) is 3. The molecule has 0 saturated carbocycles. The zero-order valence-electron chi connectivity index (χ0n) is 33.6. The van der Waals surface area contributed by atoms with Gasteiger partial charge in [0.1, 0.15) is 31.2 Å². The number of hydrogen-bond acceptors (Lipinski definition) is 9. The molecule has 3 rings (SSSR count). The van der Waals surface area contributed by atoms with Gasteiger partial charge in [-0.2, -0.15) is 0 Å². The smallest absolute Gasteiger partial charge is 0.245 e. The van der Waals surface area contributed by atoms with Crippen LogP contribution in [0.3, 0.4) is 0 Å². The summed E-state index contributed by atoms with van der Waals surface area (Å²) in [6.45, 7) is 4.74. The van der Waals surface area contributed by atoms with Crippen molar-refractivity contribution in [3.63, 3.8) is 0 Å². The second-order valence-electron chi connectivity index (χ2n) is 13.9. The summed E-state index contributed by atoms with van der Waals surface area (Å²) in [5.74, 6) is -4.68. The van der Waals surface area contributed by atoms with Crippen molar-refractivity contribution in [2.75, 3.05) is 39.9 Å². The number of hydrogen-bond donors (Lipinski definition) is 5. The molecule has 0 aliphatic heterocycles. The van der Waals surface area contributed by atoms with Crippen LogP contribution in [0.25, 0.3) is 0 Å². The number of amides is 7. The number of primary amides is 1. The van der Waals surface area contributed by atoms with E-state index in [4.69, 9.17) is 10.5 Å². The summed E-state index contributed by atoms with van der Waals surface area (Å²) in [6.07, 6.45) is -1.44. The summed E-state index contributed by atoms with van der Waals surface area (Å²) in [7, 11) is 1.48. The Kier molecular flexibility index (Phi) is 18.5. The predicted molar refractivity (Wildman–Crippen MR) is 215 cm³/mol. The predicted octanol–water partition coefficient (Wildman–Crippen LogP) is 0.683. The Bertz CT molecular complexity index is 1830. The maximum Gasteiger partial charge on any atom is 0.245 e. The van der Waals surface area contributed by atoms with E-state index in [9.17, 15) is 38.7 Å². The first-order valence-corrected chi connectivity index (χ1v) is 18.9. The number of rotatable bonds is 22. The fourth-order valence-corrected chi connectivity index (χ4v) is 5.94. The lowest BCUT2D eigenvalue weighted by Crippen LogP contribution is -2.59. The van der Waals surface area contributed by atoms with Crippen LogP contribution < -0.4 is 21.7 Å². The van der Waals surface area contributed by atoms with Gasteiger partial charge in [0.15, 0.2) is 0 Å². The molecule has 3 aromatic carbocycles. The van der Waals surface area contributed by atoms with Gasteiger partial charge in [0.05, 0.1) is 25.3 Å². The van der Waals surface area contributed by atoms with E-state index in [-0.39, 0.29) is 38.6 Å². The van der Waals surface area contributed by atoms with Crippen LogP contribution in [-0.2, 0) is 51.3 Å². The Morgan fingerprint density at radius 2 is 1.26 bits per heavy atom. The van der Waals surface area contributed by atoms with Crippen molar-refractivity contribution in [2.24, 2.45) is 5.73 Å². The van der Waals surface area contributed by atoms with Crippen molar-refractivity contribution in [3.05, 3.63) is 108 Å². The van der Waals surface area contributed by atoms with Gasteiger partial charge in [-0.1, -0.05) is 91.0 Å². The Balaban J connectivity index is 1.89. The number of nitrogens with one attached hydrogen (secondary N) is 3. The minimum absolute atomic E-state index is 0.00992. The van der Waals surface area contributed by atoms with Crippen LogP contribution >= 0.6 is 0 Å². The average molecular weight is 802 g/mol. The van der Waals surface area contributed by atoms with Gasteiger partial charge in [-0.05, 0) is 37.5 Å². The summed E-state index contributed by atoms with van der Waals surface area (Å²) >= 11 is 0. The SMILES string of the molecule is COCCN(CC(=O)N(CC(=O)N(CC(=O)NC(C(=O)NC(Cc1ccccc1)C(=O)NC(C)C(N)=O)C(C)O)C(C)c1ccccc1)Cc1ccccc1)C(C)=O. The van der Waals surface area contributed by atoms with Crippen LogP contribution in [0.4, 0.5) is 0 Å². The summed E-state index contributed by atoms with van der Waals surface area (Å²) in [5.41, 5.74) is 7.42. The van der Waals surface area contributed by atoms with E-state index in [0.29, 0.717) is 11.1 Å². The molecule has 0 radical (unpaired) electrons. The van der Waals surface area contributed by atoms with Crippen LogP contribution in [0.1, 0.15) is 50.4 Å². The topological polar surface area (TPSA) is 221 Å². The van der Waals surface area contributed by atoms with Gasteiger partial charge >= 0.3 is 0 Å². The minimum atomic E-state index is -1.57. The molecule has 3 aromatic rings. The standard InChI is InChI=1S/C42H55N7O9/c1-28(40(43)55)44-41(56)35(23-32-15-9-6-10-16-32)45-42(57)39(30(3)50)46-36(52)25-49(29(2)34-19-13-8-14-20-34)38(54)27-48(24-33-17-11-7-12-18-33)37(53)26-47(31(4)51)21-22-58-5/h6-20,28-30,35,39,50H,21-27H2,1-5H3,(H2,43,55)(H,44,56)(H,45,57)(H,46,52). The zero-order valence-corrected chi connectivity index (χ0v) is 33.6. The molecule has 16 nitrogen and oxygen atoms in total. The number of benzene rings is 3. The fraction of sp³-hybridized carbons (Fsp3) is 0.405. The molecule has 0 aromatic heterocycles. The third kappa shape index (κ3) is 14.7. The molecule has 0 aliphatic carbocycles. The first-order valence-electron chi connectivity index (χ1n) is 18.9. The molecule has 5 unspecified atom stereocenters. The average Bonchev–Trinajstić information content (AvgIpc) is 3.20. The second kappa shape index (κ2) is 23.2. The normalized spacial score (nSPS) is 13.4. The summed E-state index contributed by atoms with van der Waals surface area (Å²) in [4.78, 5) is 96.8. The largest absolute Gasteiger partial charge is 0.391 e. The molecule has 5 atom stereocenters. The Labute approximate surface area is 339 Å². The van der Waals surface area contributed by atoms with Crippen molar-refractivity contribution in [1.29, 1.82) is 0 Å². The quantitative estimate of drug-likeness (QED) is 0.0964. The second-order valence-corrected chi connectivity index (χ2v) is 13.9. The number of carbonyl (C=O) groups excluding carboxylic acids is 7. The molecule has 0 bridgehead atoms. The van der Waals surface area contributed by atoms with E-state index in [0.717, 1.165) is 5.56 Å².